The summed E-state index contributed by atoms with van der Waals surface area (Å²) in [6, 6.07) is 18.0. The number of hydrogen-bond donors (Lipinski definition) is 1. The summed E-state index contributed by atoms with van der Waals surface area (Å²) in [5, 5.41) is 2.88. The molecule has 1 N–H and O–H groups in total. The van der Waals surface area contributed by atoms with Crippen molar-refractivity contribution in [2.24, 2.45) is 0 Å². The topological polar surface area (TPSA) is 41.6 Å². The van der Waals surface area contributed by atoms with Gasteiger partial charge in [0, 0.05) is 12.1 Å². The maximum atomic E-state index is 12.1. The normalized spacial score (nSPS) is 13.4. The van der Waals surface area contributed by atoms with Crippen LogP contribution in [0, 0.1) is 0 Å². The molecule has 0 heterocycles. The fraction of sp³-hybridized carbons (Fsp3) is 0.350. The molecule has 24 heavy (non-hydrogen) atoms. The third kappa shape index (κ3) is 5.39. The van der Waals surface area contributed by atoms with E-state index in [-0.39, 0.29) is 12.1 Å². The molecular formula is C20H26N2O2. The zero-order valence-electron chi connectivity index (χ0n) is 14.8. The molecule has 4 nitrogen and oxygen atoms in total. The van der Waals surface area contributed by atoms with Crippen LogP contribution in [-0.4, -0.2) is 31.1 Å². The summed E-state index contributed by atoms with van der Waals surface area (Å²) in [5.74, 6) is 0.561. The van der Waals surface area contributed by atoms with Crippen LogP contribution in [0.2, 0.25) is 0 Å². The quantitative estimate of drug-likeness (QED) is 0.871. The molecule has 2 atom stereocenters. The van der Waals surface area contributed by atoms with E-state index >= 15 is 0 Å². The lowest BCUT2D eigenvalue weighted by atomic mass is 10.1. The van der Waals surface area contributed by atoms with Crippen LogP contribution in [0.1, 0.15) is 31.0 Å². The van der Waals surface area contributed by atoms with Gasteiger partial charge in [-0.15, -0.1) is 0 Å². The van der Waals surface area contributed by atoms with Crippen LogP contribution in [0.5, 0.6) is 5.75 Å². The Morgan fingerprint density at radius 1 is 1.08 bits per heavy atom. The molecule has 0 bridgehead atoms. The van der Waals surface area contributed by atoms with Crippen molar-refractivity contribution in [1.82, 2.24) is 10.2 Å². The van der Waals surface area contributed by atoms with Crippen molar-refractivity contribution in [3.05, 3.63) is 65.7 Å². The predicted molar refractivity (Wildman–Crippen MR) is 97.3 cm³/mol. The van der Waals surface area contributed by atoms with E-state index in [0.717, 1.165) is 12.0 Å². The van der Waals surface area contributed by atoms with E-state index in [4.69, 9.17) is 4.74 Å². The van der Waals surface area contributed by atoms with Crippen LogP contribution in [0.4, 0.5) is 4.79 Å². The van der Waals surface area contributed by atoms with Crippen LogP contribution in [-0.2, 0) is 6.42 Å². The smallest absolute Gasteiger partial charge is 0.410 e. The Morgan fingerprint density at radius 2 is 1.79 bits per heavy atom. The Balaban J connectivity index is 1.91. The highest BCUT2D eigenvalue weighted by Crippen LogP contribution is 2.22. The first kappa shape index (κ1) is 18.0. The van der Waals surface area contributed by atoms with Crippen molar-refractivity contribution in [2.45, 2.75) is 32.4 Å². The highest BCUT2D eigenvalue weighted by Gasteiger charge is 2.12. The second-order valence-electron chi connectivity index (χ2n) is 6.34. The number of benzene rings is 2. The number of amides is 1. The Bertz CT molecular complexity index is 656. The number of nitrogens with one attached hydrogen (secondary N) is 1. The van der Waals surface area contributed by atoms with Gasteiger partial charge >= 0.3 is 6.09 Å². The van der Waals surface area contributed by atoms with Gasteiger partial charge in [-0.2, -0.15) is 0 Å². The first-order chi connectivity index (χ1) is 11.5. The summed E-state index contributed by atoms with van der Waals surface area (Å²) in [4.78, 5) is 14.2. The van der Waals surface area contributed by atoms with Crippen molar-refractivity contribution in [3.63, 3.8) is 0 Å². The zero-order chi connectivity index (χ0) is 17.5. The SMILES string of the molecule is C[C@H](Cc1ccccc1)NC(=O)Oc1cccc([C@@H](C)N(C)C)c1. The van der Waals surface area contributed by atoms with E-state index in [1.807, 2.05) is 57.4 Å². The molecule has 0 radical (unpaired) electrons. The lowest BCUT2D eigenvalue weighted by Gasteiger charge is -2.20. The molecule has 2 aromatic carbocycles. The summed E-state index contributed by atoms with van der Waals surface area (Å²) in [6.07, 6.45) is 0.348. The molecule has 0 aromatic heterocycles. The molecule has 1 amide bonds. The Labute approximate surface area is 144 Å². The third-order valence-corrected chi connectivity index (χ3v) is 4.07. The van der Waals surface area contributed by atoms with Crippen molar-refractivity contribution in [1.29, 1.82) is 0 Å². The number of carbonyl (C=O) groups excluding carboxylic acids is 1. The minimum Gasteiger partial charge on any atom is -0.410 e. The highest BCUT2D eigenvalue weighted by molar-refractivity contribution is 5.70. The van der Waals surface area contributed by atoms with Crippen LogP contribution in [0.3, 0.4) is 0 Å². The van der Waals surface area contributed by atoms with Crippen LogP contribution < -0.4 is 10.1 Å². The van der Waals surface area contributed by atoms with Gasteiger partial charge in [-0.25, -0.2) is 4.79 Å². The van der Waals surface area contributed by atoms with Gasteiger partial charge in [0.05, 0.1) is 0 Å². The summed E-state index contributed by atoms with van der Waals surface area (Å²) in [7, 11) is 4.05. The lowest BCUT2D eigenvalue weighted by Crippen LogP contribution is -2.36. The van der Waals surface area contributed by atoms with E-state index < -0.39 is 6.09 Å². The molecule has 2 rings (SSSR count). The van der Waals surface area contributed by atoms with Crippen molar-refractivity contribution >= 4 is 6.09 Å². The molecular weight excluding hydrogens is 300 g/mol. The second kappa shape index (κ2) is 8.50. The molecule has 0 aliphatic heterocycles. The van der Waals surface area contributed by atoms with Gasteiger partial charge in [0.15, 0.2) is 0 Å². The Kier molecular flexibility index (Phi) is 6.38. The fourth-order valence-corrected chi connectivity index (χ4v) is 2.49. The summed E-state index contributed by atoms with van der Waals surface area (Å²) < 4.78 is 5.42. The standard InChI is InChI=1S/C20H26N2O2/c1-15(13-17-9-6-5-7-10-17)21-20(23)24-19-12-8-11-18(14-19)16(2)22(3)4/h5-12,14-16H,13H2,1-4H3,(H,21,23)/t15-,16-/m1/s1. The van der Waals surface area contributed by atoms with Crippen molar-refractivity contribution in [2.75, 3.05) is 14.1 Å². The Hall–Kier alpha value is -2.33. The van der Waals surface area contributed by atoms with Crippen LogP contribution in [0.25, 0.3) is 0 Å². The molecule has 0 unspecified atom stereocenters. The summed E-state index contributed by atoms with van der Waals surface area (Å²) in [5.41, 5.74) is 2.30. The lowest BCUT2D eigenvalue weighted by molar-refractivity contribution is 0.196. The van der Waals surface area contributed by atoms with Crippen LogP contribution in [0.15, 0.2) is 54.6 Å². The fourth-order valence-electron chi connectivity index (χ4n) is 2.49. The summed E-state index contributed by atoms with van der Waals surface area (Å²) >= 11 is 0. The van der Waals surface area contributed by atoms with E-state index in [0.29, 0.717) is 5.75 Å². The molecule has 4 heteroatoms. The maximum Gasteiger partial charge on any atom is 0.412 e. The third-order valence-electron chi connectivity index (χ3n) is 4.07. The van der Waals surface area contributed by atoms with Gasteiger partial charge in [-0.05, 0) is 57.6 Å². The number of ether oxygens (including phenoxy) is 1. The minimum atomic E-state index is -0.423. The second-order valence-corrected chi connectivity index (χ2v) is 6.34. The first-order valence-corrected chi connectivity index (χ1v) is 8.24. The average Bonchev–Trinajstić information content (AvgIpc) is 2.54. The summed E-state index contributed by atoms with van der Waals surface area (Å²) in [6.45, 7) is 4.08. The van der Waals surface area contributed by atoms with Gasteiger partial charge in [-0.1, -0.05) is 42.5 Å². The number of rotatable bonds is 6. The molecule has 0 fully saturated rings. The first-order valence-electron chi connectivity index (χ1n) is 8.24. The molecule has 0 saturated heterocycles. The van der Waals surface area contributed by atoms with Gasteiger partial charge in [0.2, 0.25) is 0 Å². The zero-order valence-corrected chi connectivity index (χ0v) is 14.8. The Morgan fingerprint density at radius 3 is 2.46 bits per heavy atom. The molecule has 0 aliphatic rings. The highest BCUT2D eigenvalue weighted by atomic mass is 16.6. The number of hydrogen-bond acceptors (Lipinski definition) is 3. The number of carbonyl (C=O) groups is 1. The van der Waals surface area contributed by atoms with Gasteiger partial charge < -0.3 is 15.0 Å². The maximum absolute atomic E-state index is 12.1. The number of nitrogens with zero attached hydrogens (tertiary/aromatic N) is 1. The minimum absolute atomic E-state index is 0.00350. The molecule has 128 valence electrons. The monoisotopic (exact) mass is 326 g/mol. The molecule has 0 spiro atoms. The predicted octanol–water partition coefficient (Wildman–Crippen LogP) is 4.03. The van der Waals surface area contributed by atoms with Gasteiger partial charge in [0.1, 0.15) is 5.75 Å². The van der Waals surface area contributed by atoms with E-state index in [1.165, 1.54) is 5.56 Å². The van der Waals surface area contributed by atoms with Crippen LogP contribution >= 0.6 is 0 Å². The largest absolute Gasteiger partial charge is 0.412 e. The molecule has 0 aliphatic carbocycles. The van der Waals surface area contributed by atoms with E-state index in [2.05, 4.69) is 29.3 Å². The van der Waals surface area contributed by atoms with E-state index in [1.54, 1.807) is 6.07 Å². The van der Waals surface area contributed by atoms with Crippen molar-refractivity contribution < 1.29 is 9.53 Å². The van der Waals surface area contributed by atoms with Gasteiger partial charge in [-0.3, -0.25) is 0 Å². The van der Waals surface area contributed by atoms with Crippen molar-refractivity contribution in [3.8, 4) is 5.75 Å². The van der Waals surface area contributed by atoms with E-state index in [9.17, 15) is 4.79 Å². The molecule has 0 saturated carbocycles. The van der Waals surface area contributed by atoms with Gasteiger partial charge in [0.25, 0.3) is 0 Å². The average molecular weight is 326 g/mol. The molecule has 2 aromatic rings.